The van der Waals surface area contributed by atoms with Crippen LogP contribution in [0.25, 0.3) is 6.08 Å². The fraction of sp³-hybridized carbons (Fsp3) is 0.250. The molecule has 3 heterocycles. The van der Waals surface area contributed by atoms with Gasteiger partial charge in [-0.15, -0.1) is 0 Å². The van der Waals surface area contributed by atoms with Gasteiger partial charge < -0.3 is 9.84 Å². The van der Waals surface area contributed by atoms with Crippen molar-refractivity contribution < 1.29 is 32.6 Å². The van der Waals surface area contributed by atoms with Crippen LogP contribution in [0.1, 0.15) is 12.6 Å². The summed E-state index contributed by atoms with van der Waals surface area (Å²) in [6.45, 7) is 0.607. The minimum absolute atomic E-state index is 0.0472. The first kappa shape index (κ1) is 17.8. The third-order valence-corrected chi connectivity index (χ3v) is 5.80. The van der Waals surface area contributed by atoms with Crippen LogP contribution >= 0.6 is 0 Å². The number of amides is 1. The molecule has 1 N–H and O–H groups in total. The molecule has 2 aliphatic rings. The minimum atomic E-state index is -3.89. The molecule has 1 atom stereocenters. The van der Waals surface area contributed by atoms with Crippen LogP contribution in [-0.2, 0) is 29.0 Å². The molecule has 0 aliphatic carbocycles. The first-order valence-electron chi connectivity index (χ1n) is 7.49. The summed E-state index contributed by atoms with van der Waals surface area (Å²) in [5.41, 5.74) is -0.269. The lowest BCUT2D eigenvalue weighted by Crippen LogP contribution is -2.62. The molecule has 9 nitrogen and oxygen atoms in total. The number of rotatable bonds is 4. The predicted molar refractivity (Wildman–Crippen MR) is 87.9 cm³/mol. The number of sulfone groups is 1. The van der Waals surface area contributed by atoms with Gasteiger partial charge in [-0.05, 0) is 18.2 Å². The number of pyridine rings is 1. The number of hydrogen-bond donors (Lipinski definition) is 1. The van der Waals surface area contributed by atoms with Crippen LogP contribution in [-0.4, -0.2) is 59.0 Å². The molecule has 2 aliphatic heterocycles. The highest BCUT2D eigenvalue weighted by Crippen LogP contribution is 2.40. The van der Waals surface area contributed by atoms with E-state index >= 15 is 0 Å². The summed E-state index contributed by atoms with van der Waals surface area (Å²) in [5.74, 6) is -3.50. The fourth-order valence-corrected chi connectivity index (χ4v) is 4.81. The van der Waals surface area contributed by atoms with E-state index < -0.39 is 51.1 Å². The molecule has 1 saturated heterocycles. The Morgan fingerprint density at radius 1 is 1.42 bits per heavy atom. The second-order valence-corrected chi connectivity index (χ2v) is 7.79. The molecule has 3 rings (SSSR count). The number of aliphatic carboxylic acids is 1. The molecule has 0 radical (unpaired) electrons. The smallest absolute Gasteiger partial charge is 0.352 e. The van der Waals surface area contributed by atoms with Crippen molar-refractivity contribution in [1.29, 1.82) is 0 Å². The average molecular weight is 378 g/mol. The maximum atomic E-state index is 12.6. The Hall–Kier alpha value is -3.01. The maximum absolute atomic E-state index is 12.6. The van der Waals surface area contributed by atoms with Crippen molar-refractivity contribution in [2.75, 3.05) is 12.4 Å². The summed E-state index contributed by atoms with van der Waals surface area (Å²) in [6.07, 6.45) is 2.82. The fourth-order valence-electron chi connectivity index (χ4n) is 2.86. The molecule has 1 aromatic rings. The lowest BCUT2D eigenvalue weighted by atomic mass is 10.0. The van der Waals surface area contributed by atoms with Gasteiger partial charge in [0.25, 0.3) is 5.91 Å². The molecule has 0 spiro atoms. The molecule has 136 valence electrons. The normalized spacial score (nSPS) is 22.7. The van der Waals surface area contributed by atoms with Gasteiger partial charge in [0.15, 0.2) is 15.2 Å². The number of aromatic nitrogens is 1. The molecule has 0 unspecified atom stereocenters. The van der Waals surface area contributed by atoms with E-state index in [1.54, 1.807) is 18.2 Å². The number of carboxylic acids is 1. The third kappa shape index (κ3) is 2.99. The number of carbonyl (C=O) groups excluding carboxylic acids is 2. The van der Waals surface area contributed by atoms with Crippen molar-refractivity contribution in [2.45, 2.75) is 12.3 Å². The van der Waals surface area contributed by atoms with E-state index in [4.69, 9.17) is 4.74 Å². The van der Waals surface area contributed by atoms with Gasteiger partial charge in [-0.2, -0.15) is 0 Å². The van der Waals surface area contributed by atoms with Crippen LogP contribution in [0.4, 0.5) is 0 Å². The molecular weight excluding hydrogens is 364 g/mol. The molecular formula is C16H14N2O7S. The molecule has 1 fully saturated rings. The van der Waals surface area contributed by atoms with E-state index in [2.05, 4.69) is 4.98 Å². The average Bonchev–Trinajstić information content (AvgIpc) is 2.57. The first-order valence-corrected chi connectivity index (χ1v) is 9.20. The maximum Gasteiger partial charge on any atom is 0.352 e. The van der Waals surface area contributed by atoms with Crippen molar-refractivity contribution in [1.82, 2.24) is 9.88 Å². The van der Waals surface area contributed by atoms with Crippen LogP contribution in [0.15, 0.2) is 41.2 Å². The van der Waals surface area contributed by atoms with E-state index in [1.165, 1.54) is 12.3 Å². The summed E-state index contributed by atoms with van der Waals surface area (Å²) >= 11 is 0. The van der Waals surface area contributed by atoms with Gasteiger partial charge in [0.05, 0.1) is 17.0 Å². The van der Waals surface area contributed by atoms with Crippen molar-refractivity contribution in [3.63, 3.8) is 0 Å². The largest absolute Gasteiger partial charge is 0.477 e. The minimum Gasteiger partial charge on any atom is -0.477 e. The second-order valence-electron chi connectivity index (χ2n) is 5.73. The Morgan fingerprint density at radius 3 is 2.73 bits per heavy atom. The summed E-state index contributed by atoms with van der Waals surface area (Å²) in [5, 5.41) is 8.06. The van der Waals surface area contributed by atoms with Crippen LogP contribution in [0.3, 0.4) is 0 Å². The number of nitrogens with zero attached hydrogens (tertiary/aromatic N) is 2. The highest BCUT2D eigenvalue weighted by molar-refractivity contribution is 7.92. The number of β-lactam (4-membered cyclic amide) rings is 1. The zero-order valence-corrected chi connectivity index (χ0v) is 14.4. The van der Waals surface area contributed by atoms with Gasteiger partial charge in [0, 0.05) is 18.7 Å². The first-order chi connectivity index (χ1) is 12.2. The topological polar surface area (TPSA) is 131 Å². The standard InChI is InChI=1S/C16H14N2O7S/c1-9(19)25-7-10-8-26(23,24)15-12(6-11-4-2-3-5-17-11)14(20)18(15)13(10)16(21)22/h2-6,15H,7-8H2,1H3,(H,21,22)/b12-6-/t15-/m1/s1. The zero-order chi connectivity index (χ0) is 19.1. The lowest BCUT2D eigenvalue weighted by molar-refractivity contribution is -0.143. The number of ether oxygens (including phenoxy) is 1. The van der Waals surface area contributed by atoms with E-state index in [9.17, 15) is 27.9 Å². The lowest BCUT2D eigenvalue weighted by Gasteiger charge is -2.45. The summed E-state index contributed by atoms with van der Waals surface area (Å²) in [7, 11) is -3.89. The summed E-state index contributed by atoms with van der Waals surface area (Å²) in [6, 6.07) is 4.94. The Bertz CT molecular complexity index is 964. The number of esters is 1. The number of carbonyl (C=O) groups is 3. The van der Waals surface area contributed by atoms with Crippen LogP contribution < -0.4 is 0 Å². The van der Waals surface area contributed by atoms with Crippen molar-refractivity contribution >= 4 is 33.8 Å². The molecule has 10 heteroatoms. The van der Waals surface area contributed by atoms with Crippen molar-refractivity contribution in [3.8, 4) is 0 Å². The quantitative estimate of drug-likeness (QED) is 0.439. The van der Waals surface area contributed by atoms with Crippen LogP contribution in [0.5, 0.6) is 0 Å². The number of fused-ring (bicyclic) bond motifs is 1. The summed E-state index contributed by atoms with van der Waals surface area (Å²) < 4.78 is 29.9. The molecule has 0 aromatic carbocycles. The van der Waals surface area contributed by atoms with Crippen molar-refractivity contribution in [2.24, 2.45) is 0 Å². The van der Waals surface area contributed by atoms with E-state index in [0.29, 0.717) is 5.69 Å². The van der Waals surface area contributed by atoms with Gasteiger partial charge in [-0.1, -0.05) is 6.07 Å². The van der Waals surface area contributed by atoms with Gasteiger partial charge in [0.2, 0.25) is 0 Å². The van der Waals surface area contributed by atoms with Crippen molar-refractivity contribution in [3.05, 3.63) is 46.9 Å². The summed E-state index contributed by atoms with van der Waals surface area (Å²) in [4.78, 5) is 39.7. The number of carboxylic acid groups (broad SMARTS) is 1. The molecule has 0 saturated carbocycles. The van der Waals surface area contributed by atoms with Gasteiger partial charge in [-0.3, -0.25) is 19.5 Å². The molecule has 26 heavy (non-hydrogen) atoms. The Morgan fingerprint density at radius 2 is 2.15 bits per heavy atom. The van der Waals surface area contributed by atoms with Crippen LogP contribution in [0.2, 0.25) is 0 Å². The van der Waals surface area contributed by atoms with Gasteiger partial charge in [-0.25, -0.2) is 13.2 Å². The Labute approximate surface area is 148 Å². The molecule has 0 bridgehead atoms. The second kappa shape index (κ2) is 6.37. The van der Waals surface area contributed by atoms with Gasteiger partial charge in [0.1, 0.15) is 12.3 Å². The van der Waals surface area contributed by atoms with E-state index in [1.807, 2.05) is 0 Å². The number of hydrogen-bond acceptors (Lipinski definition) is 7. The van der Waals surface area contributed by atoms with Crippen LogP contribution in [0, 0.1) is 0 Å². The zero-order valence-electron chi connectivity index (χ0n) is 13.6. The van der Waals surface area contributed by atoms with Gasteiger partial charge >= 0.3 is 11.9 Å². The molecule has 1 amide bonds. The third-order valence-electron chi connectivity index (χ3n) is 3.90. The Balaban J connectivity index is 2.04. The highest BCUT2D eigenvalue weighted by atomic mass is 32.2. The predicted octanol–water partition coefficient (Wildman–Crippen LogP) is -0.0365. The van der Waals surface area contributed by atoms with E-state index in [0.717, 1.165) is 11.8 Å². The molecule has 1 aromatic heterocycles. The SMILES string of the molecule is CC(=O)OCC1=C(C(=O)O)N2C(=O)/C(=C/c3ccccn3)[C@H]2S(=O)(=O)C1. The van der Waals surface area contributed by atoms with E-state index in [-0.39, 0.29) is 11.1 Å². The Kier molecular flexibility index (Phi) is 4.36. The monoisotopic (exact) mass is 378 g/mol. The highest BCUT2D eigenvalue weighted by Gasteiger charge is 2.56.